The number of hydrogen-bond acceptors (Lipinski definition) is 5. The normalized spacial score (nSPS) is 11.2. The Kier molecular flexibility index (Phi) is 6.39. The molecule has 0 bridgehead atoms. The van der Waals surface area contributed by atoms with Crippen molar-refractivity contribution < 1.29 is 0 Å². The van der Waals surface area contributed by atoms with E-state index < -0.39 is 0 Å². The maximum atomic E-state index is 5.11. The molecule has 0 radical (unpaired) electrons. The van der Waals surface area contributed by atoms with E-state index >= 15 is 0 Å². The third-order valence-electron chi connectivity index (χ3n) is 7.78. The molecule has 8 aromatic rings. The molecule has 4 aromatic carbocycles. The van der Waals surface area contributed by atoms with E-state index in [1.54, 1.807) is 12.4 Å². The number of hydrogen-bond donors (Lipinski definition) is 0. The van der Waals surface area contributed by atoms with Crippen molar-refractivity contribution in [1.29, 1.82) is 0 Å². The van der Waals surface area contributed by atoms with Crippen LogP contribution in [0.15, 0.2) is 152 Å². The second-order valence-electron chi connectivity index (χ2n) is 10.6. The second kappa shape index (κ2) is 11.0. The first kappa shape index (κ1) is 25.6. The number of fused-ring (bicyclic) bond motifs is 3. The number of benzene rings is 4. The van der Waals surface area contributed by atoms with E-state index in [2.05, 4.69) is 88.8 Å². The Labute approximate surface area is 254 Å². The first-order valence-corrected chi connectivity index (χ1v) is 14.5. The van der Waals surface area contributed by atoms with E-state index in [0.29, 0.717) is 5.82 Å². The van der Waals surface area contributed by atoms with Crippen LogP contribution in [0, 0.1) is 0 Å². The third-order valence-corrected chi connectivity index (χ3v) is 7.78. The molecule has 0 aliphatic heterocycles. The van der Waals surface area contributed by atoms with Crippen LogP contribution in [-0.2, 0) is 0 Å². The molecule has 0 N–H and O–H groups in total. The third kappa shape index (κ3) is 4.76. The lowest BCUT2D eigenvalue weighted by Crippen LogP contribution is -1.98. The van der Waals surface area contributed by atoms with Crippen LogP contribution in [-0.4, -0.2) is 24.9 Å². The lowest BCUT2D eigenvalue weighted by molar-refractivity contribution is 1.15. The van der Waals surface area contributed by atoms with Crippen molar-refractivity contribution in [1.82, 2.24) is 24.9 Å². The molecule has 0 saturated carbocycles. The van der Waals surface area contributed by atoms with Gasteiger partial charge in [-0.2, -0.15) is 0 Å². The number of rotatable bonds is 5. The van der Waals surface area contributed by atoms with Crippen LogP contribution < -0.4 is 0 Å². The van der Waals surface area contributed by atoms with Crippen molar-refractivity contribution in [2.75, 3.05) is 0 Å². The average Bonchev–Trinajstić information content (AvgIpc) is 3.12. The molecule has 0 atom stereocenters. The molecule has 44 heavy (non-hydrogen) atoms. The van der Waals surface area contributed by atoms with Crippen LogP contribution in [0.5, 0.6) is 0 Å². The molecule has 0 amide bonds. The number of pyridine rings is 3. The second-order valence-corrected chi connectivity index (χ2v) is 10.6. The highest BCUT2D eigenvalue weighted by Gasteiger charge is 2.16. The van der Waals surface area contributed by atoms with E-state index in [0.717, 1.165) is 61.6 Å². The van der Waals surface area contributed by atoms with Gasteiger partial charge in [0.25, 0.3) is 0 Å². The molecule has 4 aromatic heterocycles. The van der Waals surface area contributed by atoms with Crippen LogP contribution in [0.3, 0.4) is 0 Å². The maximum Gasteiger partial charge on any atom is 0.160 e. The highest BCUT2D eigenvalue weighted by Crippen LogP contribution is 2.38. The van der Waals surface area contributed by atoms with Gasteiger partial charge in [0.2, 0.25) is 0 Å². The van der Waals surface area contributed by atoms with Crippen molar-refractivity contribution in [3.05, 3.63) is 152 Å². The summed E-state index contributed by atoms with van der Waals surface area (Å²) in [6.07, 6.45) is 3.56. The zero-order valence-electron chi connectivity index (χ0n) is 23.7. The zero-order chi connectivity index (χ0) is 29.3. The number of aromatic nitrogens is 5. The van der Waals surface area contributed by atoms with Gasteiger partial charge in [-0.15, -0.1) is 0 Å². The van der Waals surface area contributed by atoms with Crippen molar-refractivity contribution in [2.45, 2.75) is 0 Å². The van der Waals surface area contributed by atoms with Crippen molar-refractivity contribution in [3.8, 4) is 56.5 Å². The molecule has 206 valence electrons. The predicted molar refractivity (Wildman–Crippen MR) is 178 cm³/mol. The number of nitrogens with zero attached hydrogens (tertiary/aromatic N) is 5. The minimum atomic E-state index is 0.613. The fraction of sp³-hybridized carbons (Fsp3) is 0. The van der Waals surface area contributed by atoms with Gasteiger partial charge in [0.1, 0.15) is 0 Å². The Morgan fingerprint density at radius 1 is 0.386 bits per heavy atom. The molecule has 0 aliphatic carbocycles. The largest absolute Gasteiger partial charge is 0.255 e. The van der Waals surface area contributed by atoms with Crippen LogP contribution in [0.4, 0.5) is 0 Å². The highest BCUT2D eigenvalue weighted by atomic mass is 14.9. The molecule has 5 heteroatoms. The molecule has 0 saturated heterocycles. The van der Waals surface area contributed by atoms with Gasteiger partial charge in [0.15, 0.2) is 5.82 Å². The summed E-state index contributed by atoms with van der Waals surface area (Å²) < 4.78 is 0. The van der Waals surface area contributed by atoms with E-state index in [4.69, 9.17) is 15.0 Å². The summed E-state index contributed by atoms with van der Waals surface area (Å²) in [6, 6.07) is 47.4. The summed E-state index contributed by atoms with van der Waals surface area (Å²) in [6.45, 7) is 0. The summed E-state index contributed by atoms with van der Waals surface area (Å²) in [5, 5.41) is 3.47. The van der Waals surface area contributed by atoms with Crippen LogP contribution in [0.2, 0.25) is 0 Å². The van der Waals surface area contributed by atoms with Gasteiger partial charge in [-0.1, -0.05) is 91.0 Å². The van der Waals surface area contributed by atoms with Gasteiger partial charge in [-0.25, -0.2) is 15.0 Å². The van der Waals surface area contributed by atoms with Crippen LogP contribution in [0.25, 0.3) is 78.2 Å². The summed E-state index contributed by atoms with van der Waals surface area (Å²) in [5.74, 6) is 0.613. The molecule has 0 spiro atoms. The van der Waals surface area contributed by atoms with Gasteiger partial charge < -0.3 is 0 Å². The molecule has 5 nitrogen and oxygen atoms in total. The summed E-state index contributed by atoms with van der Waals surface area (Å²) in [5.41, 5.74) is 9.09. The molecule has 0 fully saturated rings. The first-order valence-electron chi connectivity index (χ1n) is 14.5. The van der Waals surface area contributed by atoms with Crippen molar-refractivity contribution in [3.63, 3.8) is 0 Å². The summed E-state index contributed by atoms with van der Waals surface area (Å²) in [4.78, 5) is 24.2. The zero-order valence-corrected chi connectivity index (χ0v) is 23.7. The molecular formula is C39H25N5. The lowest BCUT2D eigenvalue weighted by Gasteiger charge is -2.14. The quantitative estimate of drug-likeness (QED) is 0.195. The van der Waals surface area contributed by atoms with E-state index in [-0.39, 0.29) is 0 Å². The maximum absolute atomic E-state index is 5.11. The standard InChI is InChI=1S/C39H25N5/c1-2-12-27(13-3-1)35-24-31(38-30-16-5-4-11-26(30)19-20-34(38)42-35)28-14-10-15-29(23-28)39-43-36(32-17-6-8-21-40-32)25-37(44-39)33-18-7-9-22-41-33/h1-25H. The monoisotopic (exact) mass is 563 g/mol. The molecule has 0 unspecified atom stereocenters. The summed E-state index contributed by atoms with van der Waals surface area (Å²) in [7, 11) is 0. The van der Waals surface area contributed by atoms with Crippen molar-refractivity contribution >= 4 is 21.7 Å². The SMILES string of the molecule is c1ccc(-c2cc(-c3cccc(-c4nc(-c5ccccn5)cc(-c5ccccn5)n4)c3)c3c(ccc4ccccc43)n2)cc1. The first-order chi connectivity index (χ1) is 21.8. The Bertz CT molecular complexity index is 2210. The summed E-state index contributed by atoms with van der Waals surface area (Å²) >= 11 is 0. The highest BCUT2D eigenvalue weighted by molar-refractivity contribution is 6.14. The Hall–Kier alpha value is -6.07. The average molecular weight is 564 g/mol. The molecule has 0 aliphatic rings. The predicted octanol–water partition coefficient (Wildman–Crippen LogP) is 9.30. The molecular weight excluding hydrogens is 538 g/mol. The lowest BCUT2D eigenvalue weighted by atomic mass is 9.93. The Balaban J connectivity index is 1.35. The minimum Gasteiger partial charge on any atom is -0.255 e. The van der Waals surface area contributed by atoms with Crippen molar-refractivity contribution in [2.24, 2.45) is 0 Å². The topological polar surface area (TPSA) is 64.5 Å². The molecule has 4 heterocycles. The van der Waals surface area contributed by atoms with Gasteiger partial charge in [-0.05, 0) is 70.4 Å². The van der Waals surface area contributed by atoms with Crippen LogP contribution in [0.1, 0.15) is 0 Å². The fourth-order valence-electron chi connectivity index (χ4n) is 5.68. The molecule has 8 rings (SSSR count). The van der Waals surface area contributed by atoms with E-state index in [9.17, 15) is 0 Å². The van der Waals surface area contributed by atoms with Gasteiger partial charge in [0, 0.05) is 28.9 Å². The van der Waals surface area contributed by atoms with Gasteiger partial charge >= 0.3 is 0 Å². The van der Waals surface area contributed by atoms with Gasteiger partial charge in [0.05, 0.1) is 34.0 Å². The minimum absolute atomic E-state index is 0.613. The Morgan fingerprint density at radius 2 is 1.05 bits per heavy atom. The Morgan fingerprint density at radius 3 is 1.77 bits per heavy atom. The van der Waals surface area contributed by atoms with Crippen LogP contribution >= 0.6 is 0 Å². The smallest absolute Gasteiger partial charge is 0.160 e. The fourth-order valence-corrected chi connectivity index (χ4v) is 5.68. The van der Waals surface area contributed by atoms with Gasteiger partial charge in [-0.3, -0.25) is 9.97 Å². The van der Waals surface area contributed by atoms with E-state index in [1.165, 1.54) is 10.8 Å². The van der Waals surface area contributed by atoms with E-state index in [1.807, 2.05) is 60.7 Å².